The normalized spacial score (nSPS) is 12.0. The van der Waals surface area contributed by atoms with Gasteiger partial charge in [-0.3, -0.25) is 0 Å². The van der Waals surface area contributed by atoms with Gasteiger partial charge in [-0.05, 0) is 12.8 Å². The zero-order valence-electron chi connectivity index (χ0n) is 4.63. The summed E-state index contributed by atoms with van der Waals surface area (Å²) in [7, 11) is 0. The Bertz CT molecular complexity index is 55.2. The van der Waals surface area contributed by atoms with E-state index in [9.17, 15) is 13.2 Å². The zero-order valence-corrected chi connectivity index (χ0v) is 4.63. The lowest BCUT2D eigenvalue weighted by molar-refractivity contribution is -0.134. The first-order chi connectivity index (χ1) is 3.56. The predicted octanol–water partition coefficient (Wildman–Crippen LogP) is 2.55. The highest BCUT2D eigenvalue weighted by Gasteiger charge is 2.25. The Kier molecular flexibility index (Phi) is 2.87. The SMILES string of the molecule is C[CH]CCC(F)(F)F. The van der Waals surface area contributed by atoms with E-state index in [-0.39, 0.29) is 6.42 Å². The average Bonchev–Trinajstić information content (AvgIpc) is 1.59. The maximum absolute atomic E-state index is 11.2. The molecule has 1 radical (unpaired) electrons. The Morgan fingerprint density at radius 1 is 1.38 bits per heavy atom. The van der Waals surface area contributed by atoms with Crippen molar-refractivity contribution in [3.05, 3.63) is 6.42 Å². The van der Waals surface area contributed by atoms with Crippen LogP contribution in [0.2, 0.25) is 0 Å². The van der Waals surface area contributed by atoms with Gasteiger partial charge in [-0.1, -0.05) is 6.92 Å². The van der Waals surface area contributed by atoms with Crippen molar-refractivity contribution in [3.63, 3.8) is 0 Å². The number of halogens is 3. The van der Waals surface area contributed by atoms with Gasteiger partial charge >= 0.3 is 6.18 Å². The van der Waals surface area contributed by atoms with E-state index in [1.54, 1.807) is 6.92 Å². The number of hydrogen-bond acceptors (Lipinski definition) is 0. The van der Waals surface area contributed by atoms with Gasteiger partial charge in [-0.15, -0.1) is 0 Å². The molecule has 0 aromatic heterocycles. The third kappa shape index (κ3) is 5.79. The van der Waals surface area contributed by atoms with Crippen LogP contribution in [0.15, 0.2) is 0 Å². The minimum Gasteiger partial charge on any atom is -0.171 e. The topological polar surface area (TPSA) is 0 Å². The molecule has 0 fully saturated rings. The molecule has 0 N–H and O–H groups in total. The lowest BCUT2D eigenvalue weighted by Crippen LogP contribution is -2.05. The quantitative estimate of drug-likeness (QED) is 0.532. The maximum atomic E-state index is 11.2. The van der Waals surface area contributed by atoms with Gasteiger partial charge in [0.1, 0.15) is 0 Å². The molecule has 0 aromatic carbocycles. The largest absolute Gasteiger partial charge is 0.389 e. The Balaban J connectivity index is 3.11. The molecule has 0 aliphatic heterocycles. The summed E-state index contributed by atoms with van der Waals surface area (Å²) >= 11 is 0. The molecule has 0 saturated carbocycles. The van der Waals surface area contributed by atoms with Crippen LogP contribution in [0.25, 0.3) is 0 Å². The van der Waals surface area contributed by atoms with Crippen LogP contribution < -0.4 is 0 Å². The molecule has 0 unspecified atom stereocenters. The number of hydrogen-bond donors (Lipinski definition) is 0. The second kappa shape index (κ2) is 2.95. The van der Waals surface area contributed by atoms with Crippen molar-refractivity contribution in [2.75, 3.05) is 0 Å². The fourth-order valence-corrected chi connectivity index (χ4v) is 0.308. The van der Waals surface area contributed by atoms with Crippen LogP contribution in [0, 0.1) is 6.42 Å². The molecule has 0 aliphatic carbocycles. The third-order valence-corrected chi connectivity index (χ3v) is 0.716. The molecule has 0 rings (SSSR count). The van der Waals surface area contributed by atoms with E-state index in [4.69, 9.17) is 0 Å². The summed E-state index contributed by atoms with van der Waals surface area (Å²) in [5.74, 6) is 0. The van der Waals surface area contributed by atoms with Crippen LogP contribution in [0.1, 0.15) is 19.8 Å². The van der Waals surface area contributed by atoms with Gasteiger partial charge < -0.3 is 0 Å². The van der Waals surface area contributed by atoms with E-state index < -0.39 is 12.6 Å². The Hall–Kier alpha value is -0.210. The molecule has 0 amide bonds. The van der Waals surface area contributed by atoms with Gasteiger partial charge in [0.2, 0.25) is 0 Å². The van der Waals surface area contributed by atoms with Crippen molar-refractivity contribution in [1.29, 1.82) is 0 Å². The number of alkyl halides is 3. The van der Waals surface area contributed by atoms with Crippen molar-refractivity contribution in [1.82, 2.24) is 0 Å². The van der Waals surface area contributed by atoms with Crippen molar-refractivity contribution >= 4 is 0 Å². The summed E-state index contributed by atoms with van der Waals surface area (Å²) < 4.78 is 33.7. The van der Waals surface area contributed by atoms with Gasteiger partial charge in [0.15, 0.2) is 0 Å². The van der Waals surface area contributed by atoms with Crippen LogP contribution in [0.4, 0.5) is 13.2 Å². The van der Waals surface area contributed by atoms with Crippen LogP contribution in [-0.2, 0) is 0 Å². The number of rotatable bonds is 2. The molecule has 0 aliphatic rings. The molecule has 8 heavy (non-hydrogen) atoms. The van der Waals surface area contributed by atoms with Gasteiger partial charge in [-0.25, -0.2) is 0 Å². The van der Waals surface area contributed by atoms with E-state index in [1.807, 2.05) is 0 Å². The van der Waals surface area contributed by atoms with E-state index >= 15 is 0 Å². The van der Waals surface area contributed by atoms with Crippen molar-refractivity contribution in [3.8, 4) is 0 Å². The Labute approximate surface area is 46.7 Å². The summed E-state index contributed by atoms with van der Waals surface area (Å²) in [4.78, 5) is 0. The van der Waals surface area contributed by atoms with Gasteiger partial charge in [0.05, 0.1) is 0 Å². The second-order valence-corrected chi connectivity index (χ2v) is 1.56. The highest BCUT2D eigenvalue weighted by molar-refractivity contribution is 4.59. The summed E-state index contributed by atoms with van der Waals surface area (Å²) in [5, 5.41) is 0. The van der Waals surface area contributed by atoms with Crippen molar-refractivity contribution < 1.29 is 13.2 Å². The zero-order chi connectivity index (χ0) is 6.62. The molecule has 0 bridgehead atoms. The molecule has 49 valence electrons. The van der Waals surface area contributed by atoms with Gasteiger partial charge in [0.25, 0.3) is 0 Å². The lowest BCUT2D eigenvalue weighted by atomic mass is 10.2. The maximum Gasteiger partial charge on any atom is 0.389 e. The predicted molar refractivity (Wildman–Crippen MR) is 25.3 cm³/mol. The van der Waals surface area contributed by atoms with E-state index in [0.717, 1.165) is 0 Å². The molecule has 0 spiro atoms. The lowest BCUT2D eigenvalue weighted by Gasteiger charge is -2.01. The highest BCUT2D eigenvalue weighted by atomic mass is 19.4. The van der Waals surface area contributed by atoms with Crippen molar-refractivity contribution in [2.45, 2.75) is 25.9 Å². The molecule has 0 saturated heterocycles. The first-order valence-electron chi connectivity index (χ1n) is 2.41. The monoisotopic (exact) mass is 125 g/mol. The summed E-state index contributed by atoms with van der Waals surface area (Å²) in [6.45, 7) is 1.62. The first kappa shape index (κ1) is 7.79. The van der Waals surface area contributed by atoms with Gasteiger partial charge in [0, 0.05) is 6.42 Å². The molecule has 0 heterocycles. The smallest absolute Gasteiger partial charge is 0.171 e. The molecule has 0 atom stereocenters. The Morgan fingerprint density at radius 3 is 2.00 bits per heavy atom. The molecule has 3 heteroatoms. The Morgan fingerprint density at radius 2 is 1.88 bits per heavy atom. The van der Waals surface area contributed by atoms with E-state index in [0.29, 0.717) is 0 Å². The van der Waals surface area contributed by atoms with Crippen LogP contribution >= 0.6 is 0 Å². The minimum absolute atomic E-state index is 0.128. The van der Waals surface area contributed by atoms with Crippen molar-refractivity contribution in [2.24, 2.45) is 0 Å². The first-order valence-corrected chi connectivity index (χ1v) is 2.41. The fraction of sp³-hybridized carbons (Fsp3) is 0.800. The molecule has 0 nitrogen and oxygen atoms in total. The van der Waals surface area contributed by atoms with Crippen LogP contribution in [-0.4, -0.2) is 6.18 Å². The second-order valence-electron chi connectivity index (χ2n) is 1.56. The molecule has 0 aromatic rings. The molecular weight excluding hydrogens is 117 g/mol. The standard InChI is InChI=1S/C5H8F3/c1-2-3-4-5(6,7)8/h2H,3-4H2,1H3. The van der Waals surface area contributed by atoms with Gasteiger partial charge in [-0.2, -0.15) is 13.2 Å². The highest BCUT2D eigenvalue weighted by Crippen LogP contribution is 2.21. The minimum atomic E-state index is -3.98. The van der Waals surface area contributed by atoms with E-state index in [1.165, 1.54) is 6.42 Å². The number of unbranched alkanes of at least 4 members (excludes halogenated alkanes) is 1. The fourth-order valence-electron chi connectivity index (χ4n) is 0.308. The average molecular weight is 125 g/mol. The van der Waals surface area contributed by atoms with Crippen LogP contribution in [0.3, 0.4) is 0 Å². The van der Waals surface area contributed by atoms with E-state index in [2.05, 4.69) is 0 Å². The van der Waals surface area contributed by atoms with Crippen LogP contribution in [0.5, 0.6) is 0 Å². The summed E-state index contributed by atoms with van der Waals surface area (Å²) in [6.07, 6.45) is -3.03. The third-order valence-electron chi connectivity index (χ3n) is 0.716. The summed E-state index contributed by atoms with van der Waals surface area (Å²) in [6, 6.07) is 0. The molecular formula is C5H8F3. The summed E-state index contributed by atoms with van der Waals surface area (Å²) in [5.41, 5.74) is 0.